The quantitative estimate of drug-likeness (QED) is 0.219. The Hall–Kier alpha value is -3.98. The predicted molar refractivity (Wildman–Crippen MR) is 208 cm³/mol. The third-order valence-corrected chi connectivity index (χ3v) is 9.65. The van der Waals surface area contributed by atoms with Crippen LogP contribution in [0.3, 0.4) is 0 Å². The normalized spacial score (nSPS) is 17.4. The molecule has 3 aromatic rings. The van der Waals surface area contributed by atoms with Crippen molar-refractivity contribution in [3.63, 3.8) is 0 Å². The van der Waals surface area contributed by atoms with Gasteiger partial charge in [-0.05, 0) is 63.0 Å². The minimum Gasteiger partial charge on any atom is -0.494 e. The van der Waals surface area contributed by atoms with Gasteiger partial charge in [-0.2, -0.15) is 0 Å². The van der Waals surface area contributed by atoms with Gasteiger partial charge in [0.25, 0.3) is 0 Å². The van der Waals surface area contributed by atoms with E-state index in [1.54, 1.807) is 37.1 Å². The third kappa shape index (κ3) is 9.51. The summed E-state index contributed by atoms with van der Waals surface area (Å²) in [6.45, 7) is 14.2. The van der Waals surface area contributed by atoms with Crippen LogP contribution < -0.4 is 30.9 Å². The SMILES string of the molecule is CCN1CCN(c2ccc(Nc3ncnc4cc(OC)c(NC(=O)C5CCCN5C(=O)C(NC(=O)C(C)NC)C(C)(C)C)cc34)cc2F)CC1.Cl.Cl. The van der Waals surface area contributed by atoms with Crippen LogP contribution in [-0.2, 0) is 14.4 Å². The Morgan fingerprint density at radius 2 is 1.75 bits per heavy atom. The van der Waals surface area contributed by atoms with Gasteiger partial charge in [0.1, 0.15) is 35.8 Å². The molecule has 2 aliphatic heterocycles. The Morgan fingerprint density at radius 3 is 2.37 bits per heavy atom. The number of methoxy groups -OCH3 is 1. The van der Waals surface area contributed by atoms with Crippen molar-refractivity contribution in [2.75, 3.05) is 69.0 Å². The van der Waals surface area contributed by atoms with Crippen LogP contribution in [0.4, 0.5) is 27.3 Å². The van der Waals surface area contributed by atoms with Gasteiger partial charge in [0.05, 0.1) is 30.0 Å². The molecule has 2 aromatic carbocycles. The van der Waals surface area contributed by atoms with Gasteiger partial charge in [-0.15, -0.1) is 24.8 Å². The third-order valence-electron chi connectivity index (χ3n) is 9.65. The van der Waals surface area contributed by atoms with Crippen molar-refractivity contribution in [3.05, 3.63) is 42.5 Å². The number of benzene rings is 2. The Morgan fingerprint density at radius 1 is 1.04 bits per heavy atom. The fourth-order valence-corrected chi connectivity index (χ4v) is 6.46. The second-order valence-corrected chi connectivity index (χ2v) is 14.0. The lowest BCUT2D eigenvalue weighted by molar-refractivity contribution is -0.143. The molecule has 0 spiro atoms. The van der Waals surface area contributed by atoms with E-state index in [1.165, 1.54) is 19.5 Å². The van der Waals surface area contributed by atoms with Crippen LogP contribution >= 0.6 is 24.8 Å². The molecule has 13 nitrogen and oxygen atoms in total. The fraction of sp³-hybridized carbons (Fsp3) is 0.528. The molecule has 286 valence electrons. The van der Waals surface area contributed by atoms with E-state index in [2.05, 4.69) is 48.0 Å². The maximum atomic E-state index is 15.4. The number of carbonyl (C=O) groups is 3. The summed E-state index contributed by atoms with van der Waals surface area (Å²) in [5.41, 5.74) is 1.42. The van der Waals surface area contributed by atoms with E-state index in [9.17, 15) is 14.4 Å². The molecule has 2 fully saturated rings. The number of amides is 3. The molecule has 16 heteroatoms. The molecule has 3 amide bonds. The number of nitrogens with zero attached hydrogens (tertiary/aromatic N) is 5. The van der Waals surface area contributed by atoms with E-state index >= 15 is 4.39 Å². The van der Waals surface area contributed by atoms with Gasteiger partial charge >= 0.3 is 0 Å². The zero-order valence-electron chi connectivity index (χ0n) is 30.9. The predicted octanol–water partition coefficient (Wildman–Crippen LogP) is 4.57. The molecule has 2 saturated heterocycles. The number of aromatic nitrogens is 2. The summed E-state index contributed by atoms with van der Waals surface area (Å²) in [5.74, 6) is -0.496. The lowest BCUT2D eigenvalue weighted by Crippen LogP contribution is -2.59. The van der Waals surface area contributed by atoms with Crippen LogP contribution in [0, 0.1) is 11.2 Å². The number of anilines is 4. The van der Waals surface area contributed by atoms with Crippen molar-refractivity contribution in [2.24, 2.45) is 5.41 Å². The molecule has 2 aliphatic rings. The molecule has 0 saturated carbocycles. The number of ether oxygens (including phenoxy) is 1. The van der Waals surface area contributed by atoms with E-state index in [4.69, 9.17) is 4.74 Å². The van der Waals surface area contributed by atoms with Gasteiger partial charge in [0.2, 0.25) is 17.7 Å². The Bertz CT molecular complexity index is 1720. The number of nitrogens with one attached hydrogen (secondary N) is 4. The fourth-order valence-electron chi connectivity index (χ4n) is 6.46. The molecule has 3 heterocycles. The highest BCUT2D eigenvalue weighted by Gasteiger charge is 2.42. The van der Waals surface area contributed by atoms with Crippen LogP contribution in [0.5, 0.6) is 5.75 Å². The lowest BCUT2D eigenvalue weighted by Gasteiger charge is -2.36. The highest BCUT2D eigenvalue weighted by molar-refractivity contribution is 6.03. The molecule has 3 unspecified atom stereocenters. The Kier molecular flexibility index (Phi) is 14.8. The summed E-state index contributed by atoms with van der Waals surface area (Å²) in [5, 5.41) is 12.6. The molecule has 1 aromatic heterocycles. The second-order valence-electron chi connectivity index (χ2n) is 14.0. The average molecular weight is 765 g/mol. The van der Waals surface area contributed by atoms with Crippen molar-refractivity contribution in [1.29, 1.82) is 0 Å². The van der Waals surface area contributed by atoms with Crippen LogP contribution in [-0.4, -0.2) is 109 Å². The largest absolute Gasteiger partial charge is 0.494 e. The smallest absolute Gasteiger partial charge is 0.247 e. The summed E-state index contributed by atoms with van der Waals surface area (Å²) in [4.78, 5) is 55.3. The molecule has 0 aliphatic carbocycles. The second kappa shape index (κ2) is 18.2. The van der Waals surface area contributed by atoms with Crippen molar-refractivity contribution in [2.45, 2.75) is 65.6 Å². The number of hydrogen-bond acceptors (Lipinski definition) is 10. The first-order chi connectivity index (χ1) is 23.8. The number of hydrogen-bond donors (Lipinski definition) is 4. The lowest BCUT2D eigenvalue weighted by atomic mass is 9.85. The van der Waals surface area contributed by atoms with E-state index in [0.29, 0.717) is 58.9 Å². The molecular weight excluding hydrogens is 712 g/mol. The van der Waals surface area contributed by atoms with Crippen LogP contribution in [0.1, 0.15) is 47.5 Å². The number of carbonyl (C=O) groups excluding carboxylic acids is 3. The molecule has 0 radical (unpaired) electrons. The van der Waals surface area contributed by atoms with Crippen LogP contribution in [0.25, 0.3) is 10.9 Å². The molecule has 5 rings (SSSR count). The van der Waals surface area contributed by atoms with Gasteiger partial charge in [-0.1, -0.05) is 27.7 Å². The molecule has 0 bridgehead atoms. The molecule has 4 N–H and O–H groups in total. The van der Waals surface area contributed by atoms with Gasteiger partial charge in [-0.25, -0.2) is 14.4 Å². The molecule has 52 heavy (non-hydrogen) atoms. The average Bonchev–Trinajstić information content (AvgIpc) is 3.60. The van der Waals surface area contributed by atoms with Crippen molar-refractivity contribution >= 4 is 76.3 Å². The zero-order valence-corrected chi connectivity index (χ0v) is 32.5. The topological polar surface area (TPSA) is 144 Å². The monoisotopic (exact) mass is 763 g/mol. The van der Waals surface area contributed by atoms with Gasteiger partial charge in [0, 0.05) is 49.9 Å². The van der Waals surface area contributed by atoms with Gasteiger partial charge in [-0.3, -0.25) is 14.4 Å². The Balaban J connectivity index is 0.00000364. The van der Waals surface area contributed by atoms with E-state index < -0.39 is 23.5 Å². The minimum absolute atomic E-state index is 0. The first-order valence-corrected chi connectivity index (χ1v) is 17.3. The number of rotatable bonds is 11. The van der Waals surface area contributed by atoms with Crippen molar-refractivity contribution in [1.82, 2.24) is 30.4 Å². The van der Waals surface area contributed by atoms with Gasteiger partial charge in [0.15, 0.2) is 0 Å². The summed E-state index contributed by atoms with van der Waals surface area (Å²) in [7, 11) is 3.18. The zero-order chi connectivity index (χ0) is 36.2. The minimum atomic E-state index is -0.828. The number of halogens is 3. The number of piperazine rings is 1. The summed E-state index contributed by atoms with van der Waals surface area (Å²) in [6, 6.07) is 6.41. The standard InChI is InChI=1S/C36H50FN9O4.2ClH/c1-8-44-14-16-45(17-15-44)28-12-11-23(18-25(28)37)41-32-24-19-27(30(50-7)20-26(24)39-21-40-32)42-34(48)29-10-9-13-46(29)35(49)31(36(3,4)5)43-33(47)22(2)38-6;;/h11-12,18-22,29,31,38H,8-10,13-17H2,1-7H3,(H,42,48)(H,43,47)(H,39,40,41);2*1H. The number of likely N-dealkylation sites (tertiary alicyclic amines) is 1. The molecular formula is C36H52Cl2FN9O4. The summed E-state index contributed by atoms with van der Waals surface area (Å²) in [6.07, 6.45) is 2.52. The van der Waals surface area contributed by atoms with E-state index in [1.807, 2.05) is 26.8 Å². The van der Waals surface area contributed by atoms with Crippen LogP contribution in [0.2, 0.25) is 0 Å². The van der Waals surface area contributed by atoms with E-state index in [-0.39, 0.29) is 48.4 Å². The van der Waals surface area contributed by atoms with Crippen molar-refractivity contribution < 1.29 is 23.5 Å². The van der Waals surface area contributed by atoms with E-state index in [0.717, 1.165) is 32.7 Å². The summed E-state index contributed by atoms with van der Waals surface area (Å²) < 4.78 is 21.0. The highest BCUT2D eigenvalue weighted by Crippen LogP contribution is 2.35. The summed E-state index contributed by atoms with van der Waals surface area (Å²) >= 11 is 0. The van der Waals surface area contributed by atoms with Crippen molar-refractivity contribution in [3.8, 4) is 5.75 Å². The van der Waals surface area contributed by atoms with Gasteiger partial charge < -0.3 is 40.7 Å². The van der Waals surface area contributed by atoms with Crippen LogP contribution in [0.15, 0.2) is 36.7 Å². The molecule has 3 atom stereocenters. The highest BCUT2D eigenvalue weighted by atomic mass is 35.5. The number of fused-ring (bicyclic) bond motifs is 1. The first-order valence-electron chi connectivity index (χ1n) is 17.3. The maximum absolute atomic E-state index is 15.4. The maximum Gasteiger partial charge on any atom is 0.247 e. The number of likely N-dealkylation sites (N-methyl/N-ethyl adjacent to an activating group) is 2. The first kappa shape index (κ1) is 42.4. The Labute approximate surface area is 317 Å².